The van der Waals surface area contributed by atoms with Gasteiger partial charge in [-0.15, -0.1) is 0 Å². The minimum atomic E-state index is -3.43. The highest BCUT2D eigenvalue weighted by Gasteiger charge is 2.17. The number of nitrogens with zero attached hydrogens (tertiary/aromatic N) is 1. The molecule has 1 aromatic rings. The zero-order valence-electron chi connectivity index (χ0n) is 9.74. The first-order valence-electron chi connectivity index (χ1n) is 5.16. The Bertz CT molecular complexity index is 424. The number of nitrogens with one attached hydrogen (secondary N) is 3. The number of aromatic nitrogens is 2. The molecule has 0 amide bonds. The number of H-pyrrole nitrogens is 1. The van der Waals surface area contributed by atoms with Crippen LogP contribution in [0.3, 0.4) is 0 Å². The van der Waals surface area contributed by atoms with Crippen molar-refractivity contribution in [2.24, 2.45) is 0 Å². The first-order chi connectivity index (χ1) is 7.43. The van der Waals surface area contributed by atoms with E-state index in [0.717, 1.165) is 0 Å². The third-order valence-electron chi connectivity index (χ3n) is 2.04. The molecule has 16 heavy (non-hydrogen) atoms. The van der Waals surface area contributed by atoms with Gasteiger partial charge >= 0.3 is 0 Å². The zero-order valence-corrected chi connectivity index (χ0v) is 10.6. The van der Waals surface area contributed by atoms with Crippen LogP contribution in [0, 0.1) is 6.92 Å². The summed E-state index contributed by atoms with van der Waals surface area (Å²) in [5.41, 5.74) is 0.546. The van der Waals surface area contributed by atoms with Crippen LogP contribution in [0.4, 0.5) is 0 Å². The van der Waals surface area contributed by atoms with Crippen molar-refractivity contribution >= 4 is 10.0 Å². The van der Waals surface area contributed by atoms with Crippen molar-refractivity contribution in [1.29, 1.82) is 0 Å². The summed E-state index contributed by atoms with van der Waals surface area (Å²) in [6.07, 6.45) is 1.31. The molecule has 0 aliphatic carbocycles. The zero-order chi connectivity index (χ0) is 12.2. The summed E-state index contributed by atoms with van der Waals surface area (Å²) >= 11 is 0. The van der Waals surface area contributed by atoms with E-state index in [0.29, 0.717) is 24.8 Å². The Morgan fingerprint density at radius 1 is 1.44 bits per heavy atom. The van der Waals surface area contributed by atoms with Crippen LogP contribution >= 0.6 is 0 Å². The molecule has 7 heteroatoms. The molecule has 0 saturated carbocycles. The fraction of sp³-hybridized carbons (Fsp3) is 0.667. The van der Waals surface area contributed by atoms with E-state index in [-0.39, 0.29) is 4.90 Å². The van der Waals surface area contributed by atoms with E-state index < -0.39 is 10.0 Å². The Kier molecular flexibility index (Phi) is 4.45. The van der Waals surface area contributed by atoms with Crippen LogP contribution in [0.15, 0.2) is 11.1 Å². The maximum atomic E-state index is 11.8. The molecule has 6 nitrogen and oxygen atoms in total. The van der Waals surface area contributed by atoms with E-state index in [1.54, 1.807) is 6.92 Å². The van der Waals surface area contributed by atoms with Gasteiger partial charge in [-0.25, -0.2) is 13.1 Å². The molecule has 1 rings (SSSR count). The molecule has 0 aliphatic heterocycles. The van der Waals surface area contributed by atoms with E-state index >= 15 is 0 Å². The van der Waals surface area contributed by atoms with Crippen LogP contribution in [0.1, 0.15) is 19.5 Å². The van der Waals surface area contributed by atoms with Crippen molar-refractivity contribution in [2.45, 2.75) is 31.7 Å². The second-order valence-electron chi connectivity index (χ2n) is 3.87. The van der Waals surface area contributed by atoms with E-state index in [1.807, 2.05) is 13.8 Å². The third kappa shape index (κ3) is 3.58. The van der Waals surface area contributed by atoms with Crippen molar-refractivity contribution in [2.75, 3.05) is 13.1 Å². The normalized spacial score (nSPS) is 12.2. The first-order valence-corrected chi connectivity index (χ1v) is 6.65. The lowest BCUT2D eigenvalue weighted by molar-refractivity contribution is 0.559. The summed E-state index contributed by atoms with van der Waals surface area (Å²) in [5.74, 6) is 0. The van der Waals surface area contributed by atoms with Gasteiger partial charge in [0.2, 0.25) is 10.0 Å². The molecule has 92 valence electrons. The summed E-state index contributed by atoms with van der Waals surface area (Å²) < 4.78 is 26.0. The number of sulfonamides is 1. The standard InChI is InChI=1S/C9H18N4O2S/c1-7(2)10-4-5-12-16(14,15)9-6-11-13-8(9)3/h6-7,10,12H,4-5H2,1-3H3,(H,11,13). The van der Waals surface area contributed by atoms with Crippen molar-refractivity contribution in [3.05, 3.63) is 11.9 Å². The Labute approximate surface area is 95.9 Å². The smallest absolute Gasteiger partial charge is 0.243 e. The second kappa shape index (κ2) is 5.42. The fourth-order valence-corrected chi connectivity index (χ4v) is 2.40. The molecule has 0 unspecified atom stereocenters. The molecule has 0 radical (unpaired) electrons. The fourth-order valence-electron chi connectivity index (χ4n) is 1.23. The van der Waals surface area contributed by atoms with Crippen LogP contribution in [-0.4, -0.2) is 37.7 Å². The molecular formula is C9H18N4O2S. The minimum absolute atomic E-state index is 0.206. The summed E-state index contributed by atoms with van der Waals surface area (Å²) in [6.45, 7) is 6.66. The number of hydrogen-bond acceptors (Lipinski definition) is 4. The molecule has 0 bridgehead atoms. The van der Waals surface area contributed by atoms with Gasteiger partial charge in [-0.1, -0.05) is 13.8 Å². The lowest BCUT2D eigenvalue weighted by Crippen LogP contribution is -2.34. The van der Waals surface area contributed by atoms with E-state index in [2.05, 4.69) is 20.2 Å². The van der Waals surface area contributed by atoms with Gasteiger partial charge in [-0.2, -0.15) is 5.10 Å². The molecule has 0 spiro atoms. The topological polar surface area (TPSA) is 86.9 Å². The van der Waals surface area contributed by atoms with Crippen molar-refractivity contribution in [3.8, 4) is 0 Å². The van der Waals surface area contributed by atoms with Gasteiger partial charge < -0.3 is 5.32 Å². The van der Waals surface area contributed by atoms with Crippen molar-refractivity contribution < 1.29 is 8.42 Å². The average Bonchev–Trinajstić information content (AvgIpc) is 2.59. The van der Waals surface area contributed by atoms with Gasteiger partial charge in [0.25, 0.3) is 0 Å². The molecule has 0 atom stereocenters. The number of aryl methyl sites for hydroxylation is 1. The van der Waals surface area contributed by atoms with Crippen LogP contribution in [0.25, 0.3) is 0 Å². The number of hydrogen-bond donors (Lipinski definition) is 3. The molecular weight excluding hydrogens is 228 g/mol. The Morgan fingerprint density at radius 2 is 2.12 bits per heavy atom. The van der Waals surface area contributed by atoms with Crippen LogP contribution in [-0.2, 0) is 10.0 Å². The maximum absolute atomic E-state index is 11.8. The van der Waals surface area contributed by atoms with Crippen LogP contribution in [0.2, 0.25) is 0 Å². The maximum Gasteiger partial charge on any atom is 0.243 e. The lowest BCUT2D eigenvalue weighted by atomic mass is 10.4. The van der Waals surface area contributed by atoms with Gasteiger partial charge in [-0.05, 0) is 6.92 Å². The number of aromatic amines is 1. The Balaban J connectivity index is 2.51. The first kappa shape index (κ1) is 13.1. The van der Waals surface area contributed by atoms with Gasteiger partial charge in [0.1, 0.15) is 4.90 Å². The molecule has 0 saturated heterocycles. The van der Waals surface area contributed by atoms with E-state index in [1.165, 1.54) is 6.20 Å². The highest BCUT2D eigenvalue weighted by Crippen LogP contribution is 2.09. The lowest BCUT2D eigenvalue weighted by Gasteiger charge is -2.09. The highest BCUT2D eigenvalue weighted by molar-refractivity contribution is 7.89. The second-order valence-corrected chi connectivity index (χ2v) is 5.60. The quantitative estimate of drug-likeness (QED) is 0.616. The molecule has 0 aromatic carbocycles. The van der Waals surface area contributed by atoms with Crippen LogP contribution in [0.5, 0.6) is 0 Å². The van der Waals surface area contributed by atoms with Gasteiger partial charge in [-0.3, -0.25) is 5.10 Å². The van der Waals surface area contributed by atoms with Crippen LogP contribution < -0.4 is 10.0 Å². The average molecular weight is 246 g/mol. The molecule has 1 aromatic heterocycles. The number of rotatable bonds is 6. The summed E-state index contributed by atoms with van der Waals surface area (Å²) in [7, 11) is -3.43. The molecule has 3 N–H and O–H groups in total. The SMILES string of the molecule is Cc1[nH]ncc1S(=O)(=O)NCCNC(C)C. The van der Waals surface area contributed by atoms with Gasteiger partial charge in [0.05, 0.1) is 11.9 Å². The Morgan fingerprint density at radius 3 is 2.62 bits per heavy atom. The minimum Gasteiger partial charge on any atom is -0.313 e. The summed E-state index contributed by atoms with van der Waals surface area (Å²) in [4.78, 5) is 0.206. The Hall–Kier alpha value is -0.920. The summed E-state index contributed by atoms with van der Waals surface area (Å²) in [6, 6.07) is 0.347. The molecule has 0 aliphatic rings. The van der Waals surface area contributed by atoms with Gasteiger partial charge in [0.15, 0.2) is 0 Å². The highest BCUT2D eigenvalue weighted by atomic mass is 32.2. The predicted octanol–water partition coefficient (Wildman–Crippen LogP) is -0.00558. The monoisotopic (exact) mass is 246 g/mol. The largest absolute Gasteiger partial charge is 0.313 e. The third-order valence-corrected chi connectivity index (χ3v) is 3.62. The summed E-state index contributed by atoms with van der Waals surface area (Å²) in [5, 5.41) is 9.41. The van der Waals surface area contributed by atoms with E-state index in [9.17, 15) is 8.42 Å². The van der Waals surface area contributed by atoms with E-state index in [4.69, 9.17) is 0 Å². The van der Waals surface area contributed by atoms with Crippen molar-refractivity contribution in [1.82, 2.24) is 20.2 Å². The molecule has 0 fully saturated rings. The van der Waals surface area contributed by atoms with Gasteiger partial charge in [0, 0.05) is 19.1 Å². The van der Waals surface area contributed by atoms with Crippen molar-refractivity contribution in [3.63, 3.8) is 0 Å². The molecule has 1 heterocycles. The predicted molar refractivity (Wildman–Crippen MR) is 61.7 cm³/mol.